The van der Waals surface area contributed by atoms with E-state index in [0.717, 1.165) is 23.7 Å². The average Bonchev–Trinajstić information content (AvgIpc) is 2.57. The summed E-state index contributed by atoms with van der Waals surface area (Å²) in [5.41, 5.74) is 1.53. The number of amides is 1. The lowest BCUT2D eigenvalue weighted by molar-refractivity contribution is 0.0270. The summed E-state index contributed by atoms with van der Waals surface area (Å²) in [6.07, 6.45) is 0.489. The second-order valence-corrected chi connectivity index (χ2v) is 6.37. The Labute approximate surface area is 139 Å². The Balaban J connectivity index is 2.03. The van der Waals surface area contributed by atoms with Gasteiger partial charge in [0.2, 0.25) is 0 Å². The van der Waals surface area contributed by atoms with Crippen LogP contribution in [0.25, 0.3) is 0 Å². The van der Waals surface area contributed by atoms with Gasteiger partial charge < -0.3 is 14.8 Å². The van der Waals surface area contributed by atoms with Crippen LogP contribution in [0.1, 0.15) is 19.8 Å². The van der Waals surface area contributed by atoms with Crippen molar-refractivity contribution in [2.75, 3.05) is 19.7 Å². The number of piperidine rings is 1. The summed E-state index contributed by atoms with van der Waals surface area (Å²) in [4.78, 5) is 11.7. The van der Waals surface area contributed by atoms with Gasteiger partial charge in [-0.1, -0.05) is 17.7 Å². The first-order valence-electron chi connectivity index (χ1n) is 7.33. The number of hydroxylamine groups is 1. The van der Waals surface area contributed by atoms with Crippen molar-refractivity contribution in [3.05, 3.63) is 24.3 Å². The van der Waals surface area contributed by atoms with Crippen molar-refractivity contribution in [1.82, 2.24) is 10.8 Å². The Bertz CT molecular complexity index is 574. The Morgan fingerprint density at radius 3 is 2.70 bits per heavy atom. The van der Waals surface area contributed by atoms with Gasteiger partial charge in [0.1, 0.15) is 12.4 Å². The van der Waals surface area contributed by atoms with Gasteiger partial charge in [-0.15, -0.1) is 5.92 Å². The largest absolute Gasteiger partial charge is 0.481 e. The van der Waals surface area contributed by atoms with Crippen molar-refractivity contribution in [3.63, 3.8) is 0 Å². The van der Waals surface area contributed by atoms with Crippen LogP contribution in [0, 0.1) is 11.8 Å². The van der Waals surface area contributed by atoms with E-state index in [0.29, 0.717) is 19.4 Å². The van der Waals surface area contributed by atoms with Gasteiger partial charge in [-0.2, -0.15) is 0 Å². The zero-order chi connectivity index (χ0) is 16.5. The van der Waals surface area contributed by atoms with E-state index in [4.69, 9.17) is 14.7 Å². The predicted molar refractivity (Wildman–Crippen MR) is 87.5 cm³/mol. The highest BCUT2D eigenvalue weighted by atomic mass is 32.2. The van der Waals surface area contributed by atoms with Crippen molar-refractivity contribution in [3.8, 4) is 17.6 Å². The molecule has 1 aromatic rings. The van der Waals surface area contributed by atoms with Crippen LogP contribution in [0.2, 0.25) is 0 Å². The zero-order valence-corrected chi connectivity index (χ0v) is 13.7. The fourth-order valence-electron chi connectivity index (χ4n) is 2.23. The van der Waals surface area contributed by atoms with E-state index in [1.807, 2.05) is 24.3 Å². The summed E-state index contributed by atoms with van der Waals surface area (Å²) in [6.45, 7) is 3.63. The quantitative estimate of drug-likeness (QED) is 0.332. The molecule has 1 aliphatic heterocycles. The molecule has 2 rings (SSSR count). The first-order chi connectivity index (χ1) is 11.2. The van der Waals surface area contributed by atoms with Gasteiger partial charge in [-0.05, 0) is 44.3 Å². The van der Waals surface area contributed by atoms with Crippen LogP contribution in [0.15, 0.2) is 29.2 Å². The molecule has 1 heterocycles. The smallest absolute Gasteiger partial charge is 0.432 e. The molecular formula is C16H20N2O4S. The van der Waals surface area contributed by atoms with Crippen LogP contribution in [0.4, 0.5) is 4.79 Å². The molecule has 0 aliphatic carbocycles. The van der Waals surface area contributed by atoms with Crippen LogP contribution < -0.4 is 15.5 Å². The highest BCUT2D eigenvalue weighted by Crippen LogP contribution is 2.41. The number of carbonyl (C=O) groups excluding carboxylic acids is 1. The molecule has 1 saturated heterocycles. The first-order valence-corrected chi connectivity index (χ1v) is 8.14. The Hall–Kier alpha value is -1.88. The molecule has 0 saturated carbocycles. The summed E-state index contributed by atoms with van der Waals surface area (Å²) in [7, 11) is 0. The number of hydrogen-bond donors (Lipinski definition) is 3. The number of thioether (sulfide) groups is 1. The SMILES string of the molecule is CC#CCOc1ccc(SC2(OC(=O)NO)CCNCC2)cc1. The molecule has 1 fully saturated rings. The molecular weight excluding hydrogens is 316 g/mol. The molecule has 3 N–H and O–H groups in total. The third-order valence-electron chi connectivity index (χ3n) is 3.35. The minimum atomic E-state index is -0.836. The normalized spacial score (nSPS) is 15.9. The summed E-state index contributed by atoms with van der Waals surface area (Å²) in [5.74, 6) is 6.35. The second kappa shape index (κ2) is 8.67. The number of hydrogen-bond acceptors (Lipinski definition) is 6. The lowest BCUT2D eigenvalue weighted by atomic mass is 10.1. The van der Waals surface area contributed by atoms with Gasteiger partial charge in [-0.25, -0.2) is 10.3 Å². The van der Waals surface area contributed by atoms with Gasteiger partial charge in [0.05, 0.1) is 0 Å². The monoisotopic (exact) mass is 336 g/mol. The van der Waals surface area contributed by atoms with Crippen molar-refractivity contribution in [2.24, 2.45) is 0 Å². The Kier molecular flexibility index (Phi) is 6.59. The van der Waals surface area contributed by atoms with Gasteiger partial charge in [-0.3, -0.25) is 5.21 Å². The highest BCUT2D eigenvalue weighted by molar-refractivity contribution is 8.00. The zero-order valence-electron chi connectivity index (χ0n) is 12.9. The molecule has 1 aromatic carbocycles. The van der Waals surface area contributed by atoms with Gasteiger partial charge in [0.15, 0.2) is 4.93 Å². The van der Waals surface area contributed by atoms with Gasteiger partial charge in [0, 0.05) is 17.7 Å². The minimum absolute atomic E-state index is 0.360. The third-order valence-corrected chi connectivity index (χ3v) is 4.72. The van der Waals surface area contributed by atoms with Crippen molar-refractivity contribution in [2.45, 2.75) is 29.6 Å². The van der Waals surface area contributed by atoms with Crippen LogP contribution in [-0.4, -0.2) is 35.9 Å². The van der Waals surface area contributed by atoms with Crippen molar-refractivity contribution in [1.29, 1.82) is 0 Å². The molecule has 0 spiro atoms. The van der Waals surface area contributed by atoms with E-state index in [1.54, 1.807) is 6.92 Å². The summed E-state index contributed by atoms with van der Waals surface area (Å²) >= 11 is 1.48. The maximum atomic E-state index is 11.4. The topological polar surface area (TPSA) is 79.8 Å². The van der Waals surface area contributed by atoms with Crippen LogP contribution in [0.3, 0.4) is 0 Å². The van der Waals surface area contributed by atoms with E-state index in [9.17, 15) is 4.79 Å². The molecule has 1 amide bonds. The fraction of sp³-hybridized carbons (Fsp3) is 0.438. The van der Waals surface area contributed by atoms with E-state index in [-0.39, 0.29) is 0 Å². The number of ether oxygens (including phenoxy) is 2. The van der Waals surface area contributed by atoms with E-state index < -0.39 is 11.0 Å². The maximum absolute atomic E-state index is 11.4. The fourth-order valence-corrected chi connectivity index (χ4v) is 3.46. The molecule has 0 bridgehead atoms. The van der Waals surface area contributed by atoms with Crippen LogP contribution >= 0.6 is 11.8 Å². The lowest BCUT2D eigenvalue weighted by Gasteiger charge is -2.36. The number of rotatable bonds is 5. The number of nitrogens with one attached hydrogen (secondary N) is 2. The Morgan fingerprint density at radius 2 is 2.09 bits per heavy atom. The molecule has 0 atom stereocenters. The van der Waals surface area contributed by atoms with Crippen LogP contribution in [-0.2, 0) is 4.74 Å². The molecule has 0 unspecified atom stereocenters. The molecule has 23 heavy (non-hydrogen) atoms. The maximum Gasteiger partial charge on any atom is 0.432 e. The molecule has 1 aliphatic rings. The molecule has 124 valence electrons. The molecule has 0 aromatic heterocycles. The van der Waals surface area contributed by atoms with Crippen LogP contribution in [0.5, 0.6) is 5.75 Å². The molecule has 7 heteroatoms. The second-order valence-electron chi connectivity index (χ2n) is 4.95. The predicted octanol–water partition coefficient (Wildman–Crippen LogP) is 2.38. The molecule has 0 radical (unpaired) electrons. The van der Waals surface area contributed by atoms with Gasteiger partial charge in [0.25, 0.3) is 0 Å². The average molecular weight is 336 g/mol. The number of carbonyl (C=O) groups is 1. The lowest BCUT2D eigenvalue weighted by Crippen LogP contribution is -2.44. The minimum Gasteiger partial charge on any atom is -0.481 e. The first kappa shape index (κ1) is 17.5. The summed E-state index contributed by atoms with van der Waals surface area (Å²) in [5, 5.41) is 11.9. The summed E-state index contributed by atoms with van der Waals surface area (Å²) < 4.78 is 10.9. The van der Waals surface area contributed by atoms with Crippen molar-refractivity contribution >= 4 is 17.9 Å². The van der Waals surface area contributed by atoms with E-state index in [1.165, 1.54) is 17.2 Å². The standard InChI is InChI=1S/C16H20N2O4S/c1-2-3-12-21-13-4-6-14(7-5-13)23-16(22-15(19)18-20)8-10-17-11-9-16/h4-7,17,20H,8-12H2,1H3,(H,18,19). The van der Waals surface area contributed by atoms with Gasteiger partial charge >= 0.3 is 6.09 Å². The third kappa shape index (κ3) is 5.36. The summed E-state index contributed by atoms with van der Waals surface area (Å²) in [6, 6.07) is 7.56. The molecule has 6 nitrogen and oxygen atoms in total. The highest BCUT2D eigenvalue weighted by Gasteiger charge is 2.37. The van der Waals surface area contributed by atoms with E-state index in [2.05, 4.69) is 17.2 Å². The van der Waals surface area contributed by atoms with E-state index >= 15 is 0 Å². The van der Waals surface area contributed by atoms with Crippen molar-refractivity contribution < 1.29 is 19.5 Å². The Morgan fingerprint density at radius 1 is 1.39 bits per heavy atom. The number of benzene rings is 1.